The van der Waals surface area contributed by atoms with Crippen LogP contribution < -0.4 is 5.32 Å². The quantitative estimate of drug-likeness (QED) is 0.596. The summed E-state index contributed by atoms with van der Waals surface area (Å²) in [5.74, 6) is 0.952. The predicted molar refractivity (Wildman–Crippen MR) is 57.7 cm³/mol. The average Bonchev–Trinajstić information content (AvgIpc) is 2.55. The molecule has 0 aromatic heterocycles. The van der Waals surface area contributed by atoms with Crippen LogP contribution in [0.3, 0.4) is 0 Å². The summed E-state index contributed by atoms with van der Waals surface area (Å²) in [7, 11) is 0. The number of fused-ring (bicyclic) bond motifs is 1. The lowest BCUT2D eigenvalue weighted by Crippen LogP contribution is -2.38. The van der Waals surface area contributed by atoms with Crippen LogP contribution >= 0.6 is 12.2 Å². The maximum Gasteiger partial charge on any atom is 0.0762 e. The van der Waals surface area contributed by atoms with E-state index < -0.39 is 0 Å². The van der Waals surface area contributed by atoms with Gasteiger partial charge in [-0.25, -0.2) is 0 Å². The zero-order valence-corrected chi connectivity index (χ0v) is 9.21. The van der Waals surface area contributed by atoms with Crippen LogP contribution in [-0.2, 0) is 0 Å². The van der Waals surface area contributed by atoms with Crippen molar-refractivity contribution in [1.82, 2.24) is 5.32 Å². The van der Waals surface area contributed by atoms with E-state index in [2.05, 4.69) is 19.2 Å². The van der Waals surface area contributed by atoms with Crippen LogP contribution in [0.25, 0.3) is 0 Å². The Balaban J connectivity index is 2.09. The van der Waals surface area contributed by atoms with E-state index in [4.69, 9.17) is 12.2 Å². The number of hydrogen-bond acceptors (Lipinski definition) is 1. The highest BCUT2D eigenvalue weighted by molar-refractivity contribution is 7.80. The maximum atomic E-state index is 5.32. The molecule has 13 heavy (non-hydrogen) atoms. The van der Waals surface area contributed by atoms with E-state index in [9.17, 15) is 0 Å². The fourth-order valence-corrected chi connectivity index (χ4v) is 4.64. The van der Waals surface area contributed by atoms with E-state index in [0.717, 1.165) is 17.3 Å². The van der Waals surface area contributed by atoms with Gasteiger partial charge in [0.25, 0.3) is 0 Å². The standard InChI is InChI=1S/C11H17NS/c1-10(2)7-3-4-11(10)6-9(13)12-8(11)5-7/h7-8H,3-6H2,1-2H3,(H,12,13)/t7-,8-,11-/m1/s1. The second-order valence-corrected chi connectivity index (χ2v) is 6.14. The average molecular weight is 195 g/mol. The van der Waals surface area contributed by atoms with Crippen molar-refractivity contribution < 1.29 is 0 Å². The monoisotopic (exact) mass is 195 g/mol. The Morgan fingerprint density at radius 3 is 2.85 bits per heavy atom. The first-order valence-electron chi connectivity index (χ1n) is 5.36. The SMILES string of the molecule is CC1(C)[C@@H]2CC[C@]13CC(=S)N[C@@H]3C2. The maximum absolute atomic E-state index is 5.32. The van der Waals surface area contributed by atoms with Crippen molar-refractivity contribution in [1.29, 1.82) is 0 Å². The van der Waals surface area contributed by atoms with Crippen molar-refractivity contribution in [3.05, 3.63) is 0 Å². The van der Waals surface area contributed by atoms with Gasteiger partial charge in [-0.2, -0.15) is 0 Å². The summed E-state index contributed by atoms with van der Waals surface area (Å²) < 4.78 is 0. The predicted octanol–water partition coefficient (Wildman–Crippen LogP) is 2.50. The zero-order chi connectivity index (χ0) is 9.27. The van der Waals surface area contributed by atoms with Crippen molar-refractivity contribution in [3.63, 3.8) is 0 Å². The summed E-state index contributed by atoms with van der Waals surface area (Å²) in [6.07, 6.45) is 5.37. The molecule has 1 saturated heterocycles. The zero-order valence-electron chi connectivity index (χ0n) is 8.39. The van der Waals surface area contributed by atoms with Gasteiger partial charge >= 0.3 is 0 Å². The third-order valence-corrected chi connectivity index (χ3v) is 5.50. The van der Waals surface area contributed by atoms with Crippen molar-refractivity contribution in [2.24, 2.45) is 16.7 Å². The van der Waals surface area contributed by atoms with Crippen LogP contribution in [0.2, 0.25) is 0 Å². The molecule has 2 bridgehead atoms. The minimum absolute atomic E-state index is 0.533. The third-order valence-electron chi connectivity index (χ3n) is 5.24. The van der Waals surface area contributed by atoms with E-state index >= 15 is 0 Å². The van der Waals surface area contributed by atoms with Crippen LogP contribution in [-0.4, -0.2) is 11.0 Å². The van der Waals surface area contributed by atoms with Gasteiger partial charge in [-0.15, -0.1) is 0 Å². The molecule has 0 radical (unpaired) electrons. The van der Waals surface area contributed by atoms with E-state index in [1.165, 1.54) is 19.3 Å². The second kappa shape index (κ2) is 2.10. The Kier molecular flexibility index (Phi) is 1.33. The summed E-state index contributed by atoms with van der Waals surface area (Å²) in [5.41, 5.74) is 1.07. The molecular weight excluding hydrogens is 178 g/mol. The Morgan fingerprint density at radius 2 is 2.23 bits per heavy atom. The lowest BCUT2D eigenvalue weighted by atomic mass is 9.67. The fraction of sp³-hybridized carbons (Fsp3) is 0.909. The number of rotatable bonds is 0. The van der Waals surface area contributed by atoms with Crippen LogP contribution in [0.5, 0.6) is 0 Å². The van der Waals surface area contributed by atoms with Gasteiger partial charge in [0.2, 0.25) is 0 Å². The molecule has 2 saturated carbocycles. The number of nitrogens with one attached hydrogen (secondary N) is 1. The molecule has 3 atom stereocenters. The Bertz CT molecular complexity index is 284. The van der Waals surface area contributed by atoms with Gasteiger partial charge in [0.1, 0.15) is 0 Å². The highest BCUT2D eigenvalue weighted by atomic mass is 32.1. The molecule has 0 unspecified atom stereocenters. The summed E-state index contributed by atoms with van der Waals surface area (Å²) in [5, 5.41) is 3.53. The van der Waals surface area contributed by atoms with Crippen LogP contribution in [0.1, 0.15) is 39.5 Å². The summed E-state index contributed by atoms with van der Waals surface area (Å²) in [6, 6.07) is 0.716. The fourth-order valence-electron chi connectivity index (χ4n) is 4.24. The highest BCUT2D eigenvalue weighted by Crippen LogP contribution is 2.68. The smallest absolute Gasteiger partial charge is 0.0762 e. The first kappa shape index (κ1) is 8.22. The molecule has 1 aliphatic heterocycles. The van der Waals surface area contributed by atoms with E-state index in [-0.39, 0.29) is 0 Å². The van der Waals surface area contributed by atoms with E-state index in [1.54, 1.807) is 0 Å². The van der Waals surface area contributed by atoms with E-state index in [0.29, 0.717) is 16.9 Å². The van der Waals surface area contributed by atoms with Crippen molar-refractivity contribution in [2.45, 2.75) is 45.6 Å². The van der Waals surface area contributed by atoms with Crippen molar-refractivity contribution >= 4 is 17.2 Å². The van der Waals surface area contributed by atoms with Gasteiger partial charge in [-0.1, -0.05) is 26.1 Å². The van der Waals surface area contributed by atoms with Crippen LogP contribution in [0.4, 0.5) is 0 Å². The van der Waals surface area contributed by atoms with Gasteiger partial charge in [0, 0.05) is 17.9 Å². The highest BCUT2D eigenvalue weighted by Gasteiger charge is 2.66. The molecule has 1 heterocycles. The second-order valence-electron chi connectivity index (χ2n) is 5.65. The van der Waals surface area contributed by atoms with Gasteiger partial charge < -0.3 is 5.32 Å². The number of thiocarbonyl (C=S) groups is 1. The van der Waals surface area contributed by atoms with E-state index in [1.807, 2.05) is 0 Å². The Hall–Kier alpha value is -0.110. The molecule has 0 aromatic rings. The van der Waals surface area contributed by atoms with Crippen molar-refractivity contribution in [2.75, 3.05) is 0 Å². The normalized spacial score (nSPS) is 50.8. The minimum atomic E-state index is 0.533. The third kappa shape index (κ3) is 0.731. The molecule has 3 aliphatic rings. The number of hydrogen-bond donors (Lipinski definition) is 1. The lowest BCUT2D eigenvalue weighted by molar-refractivity contribution is 0.132. The molecule has 0 aromatic carbocycles. The molecule has 3 rings (SSSR count). The molecule has 0 amide bonds. The van der Waals surface area contributed by atoms with Gasteiger partial charge in [-0.05, 0) is 30.6 Å². The summed E-state index contributed by atoms with van der Waals surface area (Å²) >= 11 is 5.32. The molecule has 1 spiro atoms. The molecule has 1 N–H and O–H groups in total. The topological polar surface area (TPSA) is 12.0 Å². The van der Waals surface area contributed by atoms with Crippen LogP contribution in [0.15, 0.2) is 0 Å². The molecule has 2 aliphatic carbocycles. The molecule has 2 heteroatoms. The lowest BCUT2D eigenvalue weighted by Gasteiger charge is -2.36. The van der Waals surface area contributed by atoms with Gasteiger partial charge in [0.15, 0.2) is 0 Å². The molecule has 72 valence electrons. The Labute approximate surface area is 85.3 Å². The van der Waals surface area contributed by atoms with Crippen LogP contribution in [0, 0.1) is 16.7 Å². The Morgan fingerprint density at radius 1 is 1.46 bits per heavy atom. The summed E-state index contributed by atoms with van der Waals surface area (Å²) in [6.45, 7) is 4.92. The minimum Gasteiger partial charge on any atom is -0.376 e. The largest absolute Gasteiger partial charge is 0.376 e. The summed E-state index contributed by atoms with van der Waals surface area (Å²) in [4.78, 5) is 1.12. The first-order valence-corrected chi connectivity index (χ1v) is 5.76. The molecular formula is C11H17NS. The van der Waals surface area contributed by atoms with Gasteiger partial charge in [0.05, 0.1) is 4.99 Å². The van der Waals surface area contributed by atoms with Gasteiger partial charge in [-0.3, -0.25) is 0 Å². The first-order chi connectivity index (χ1) is 6.06. The molecule has 3 fully saturated rings. The van der Waals surface area contributed by atoms with Crippen molar-refractivity contribution in [3.8, 4) is 0 Å². The molecule has 1 nitrogen and oxygen atoms in total.